The molecule has 2 nitrogen and oxygen atoms in total. The predicted octanol–water partition coefficient (Wildman–Crippen LogP) is 4.89. The molecule has 2 aromatic carbocycles. The number of rotatable bonds is 6. The predicted molar refractivity (Wildman–Crippen MR) is 90.2 cm³/mol. The Morgan fingerprint density at radius 3 is 2.48 bits per heavy atom. The molecule has 1 unspecified atom stereocenters. The Morgan fingerprint density at radius 1 is 1.17 bits per heavy atom. The summed E-state index contributed by atoms with van der Waals surface area (Å²) in [5, 5.41) is 0.668. The highest BCUT2D eigenvalue weighted by Gasteiger charge is 2.17. The second-order valence-corrected chi connectivity index (χ2v) is 6.00. The van der Waals surface area contributed by atoms with E-state index in [9.17, 15) is 9.18 Å². The maximum Gasteiger partial charge on any atom is 0.305 e. The van der Waals surface area contributed by atoms with E-state index in [4.69, 9.17) is 16.3 Å². The molecule has 2 aromatic rings. The molecule has 23 heavy (non-hydrogen) atoms. The Labute approximate surface area is 141 Å². The van der Waals surface area contributed by atoms with Crippen molar-refractivity contribution in [1.29, 1.82) is 0 Å². The fourth-order valence-corrected chi connectivity index (χ4v) is 2.68. The van der Waals surface area contributed by atoms with Gasteiger partial charge in [0.25, 0.3) is 0 Å². The van der Waals surface area contributed by atoms with E-state index < -0.39 is 0 Å². The van der Waals surface area contributed by atoms with Gasteiger partial charge in [0.1, 0.15) is 11.9 Å². The zero-order chi connectivity index (χ0) is 16.8. The van der Waals surface area contributed by atoms with Gasteiger partial charge in [-0.2, -0.15) is 0 Å². The summed E-state index contributed by atoms with van der Waals surface area (Å²) >= 11 is 6.28. The van der Waals surface area contributed by atoms with Gasteiger partial charge in [-0.25, -0.2) is 4.39 Å². The first-order valence-corrected chi connectivity index (χ1v) is 8.04. The molecule has 0 N–H and O–H groups in total. The largest absolute Gasteiger partial charge is 0.462 e. The van der Waals surface area contributed by atoms with Gasteiger partial charge in [0.15, 0.2) is 0 Å². The monoisotopic (exact) mass is 334 g/mol. The highest BCUT2D eigenvalue weighted by atomic mass is 35.5. The van der Waals surface area contributed by atoms with Gasteiger partial charge in [-0.1, -0.05) is 42.8 Å². The Bertz CT molecular complexity index is 668. The number of benzene rings is 2. The summed E-state index contributed by atoms with van der Waals surface area (Å²) in [6.07, 6.45) is 1.05. The molecule has 1 atom stereocenters. The van der Waals surface area contributed by atoms with E-state index in [1.165, 1.54) is 12.1 Å². The van der Waals surface area contributed by atoms with E-state index in [-0.39, 0.29) is 17.9 Å². The third kappa shape index (κ3) is 5.36. The first kappa shape index (κ1) is 17.5. The Hall–Kier alpha value is -1.87. The van der Waals surface area contributed by atoms with Crippen molar-refractivity contribution in [2.75, 3.05) is 0 Å². The highest BCUT2D eigenvalue weighted by molar-refractivity contribution is 6.31. The number of esters is 1. The third-order valence-corrected chi connectivity index (χ3v) is 3.97. The van der Waals surface area contributed by atoms with E-state index in [1.807, 2.05) is 25.1 Å². The van der Waals surface area contributed by atoms with Gasteiger partial charge in [-0.15, -0.1) is 0 Å². The molecule has 0 saturated carbocycles. The van der Waals surface area contributed by atoms with Gasteiger partial charge in [0, 0.05) is 24.3 Å². The normalized spacial score (nSPS) is 12.0. The topological polar surface area (TPSA) is 26.3 Å². The molecule has 0 fully saturated rings. The van der Waals surface area contributed by atoms with Gasteiger partial charge < -0.3 is 4.74 Å². The van der Waals surface area contributed by atoms with Crippen LogP contribution in [0, 0.1) is 12.7 Å². The minimum Gasteiger partial charge on any atom is -0.462 e. The first-order chi connectivity index (χ1) is 11.0. The number of carbonyl (C=O) groups is 1. The van der Waals surface area contributed by atoms with Crippen LogP contribution in [0.5, 0.6) is 0 Å². The SMILES string of the molecule is CCC(=O)OC(Cc1ccc(F)cc1)Cc1ccc(C)cc1Cl. The number of halogens is 2. The lowest BCUT2D eigenvalue weighted by atomic mass is 10.00. The van der Waals surface area contributed by atoms with Crippen LogP contribution < -0.4 is 0 Å². The number of ether oxygens (including phenoxy) is 1. The lowest BCUT2D eigenvalue weighted by Crippen LogP contribution is -2.23. The Morgan fingerprint density at radius 2 is 1.87 bits per heavy atom. The molecule has 4 heteroatoms. The van der Waals surface area contributed by atoms with Gasteiger partial charge >= 0.3 is 5.97 Å². The average molecular weight is 335 g/mol. The van der Waals surface area contributed by atoms with Crippen molar-refractivity contribution in [3.05, 3.63) is 70.0 Å². The third-order valence-electron chi connectivity index (χ3n) is 3.62. The van der Waals surface area contributed by atoms with Crippen molar-refractivity contribution in [3.8, 4) is 0 Å². The van der Waals surface area contributed by atoms with Gasteiger partial charge in [-0.3, -0.25) is 4.79 Å². The summed E-state index contributed by atoms with van der Waals surface area (Å²) in [6.45, 7) is 3.74. The van der Waals surface area contributed by atoms with E-state index >= 15 is 0 Å². The van der Waals surface area contributed by atoms with Crippen LogP contribution >= 0.6 is 11.6 Å². The fourth-order valence-electron chi connectivity index (χ4n) is 2.37. The number of aryl methyl sites for hydroxylation is 1. The summed E-state index contributed by atoms with van der Waals surface area (Å²) in [6, 6.07) is 12.1. The van der Waals surface area contributed by atoms with E-state index in [2.05, 4.69) is 0 Å². The van der Waals surface area contributed by atoms with Crippen LogP contribution in [0.1, 0.15) is 30.0 Å². The Balaban J connectivity index is 2.16. The van der Waals surface area contributed by atoms with E-state index in [0.717, 1.165) is 16.7 Å². The first-order valence-electron chi connectivity index (χ1n) is 7.67. The minimum absolute atomic E-state index is 0.250. The van der Waals surface area contributed by atoms with Gasteiger partial charge in [0.2, 0.25) is 0 Å². The van der Waals surface area contributed by atoms with Crippen LogP contribution in [0.4, 0.5) is 4.39 Å². The summed E-state index contributed by atoms with van der Waals surface area (Å²) in [7, 11) is 0. The van der Waals surface area contributed by atoms with Crippen LogP contribution in [-0.2, 0) is 22.4 Å². The molecular weight excluding hydrogens is 315 g/mol. The standard InChI is InChI=1S/C19H20ClFO2/c1-3-19(22)23-17(11-14-5-8-16(21)9-6-14)12-15-7-4-13(2)10-18(15)20/h4-10,17H,3,11-12H2,1-2H3. The summed E-state index contributed by atoms with van der Waals surface area (Å²) < 4.78 is 18.6. The van der Waals surface area contributed by atoms with Crippen molar-refractivity contribution >= 4 is 17.6 Å². The quantitative estimate of drug-likeness (QED) is 0.703. The van der Waals surface area contributed by atoms with E-state index in [1.54, 1.807) is 19.1 Å². The molecule has 122 valence electrons. The van der Waals surface area contributed by atoms with Crippen LogP contribution in [0.2, 0.25) is 5.02 Å². The molecule has 0 aliphatic rings. The van der Waals surface area contributed by atoms with Crippen molar-refractivity contribution in [2.24, 2.45) is 0 Å². The molecule has 0 aliphatic carbocycles. The molecule has 0 radical (unpaired) electrons. The fraction of sp³-hybridized carbons (Fsp3) is 0.316. The number of hydrogen-bond donors (Lipinski definition) is 0. The lowest BCUT2D eigenvalue weighted by Gasteiger charge is -2.19. The molecule has 0 aliphatic heterocycles. The Kier molecular flexibility index (Phi) is 6.17. The molecule has 0 spiro atoms. The van der Waals surface area contributed by atoms with Crippen LogP contribution in [0.15, 0.2) is 42.5 Å². The maximum absolute atomic E-state index is 13.0. The molecule has 2 rings (SSSR count). The molecular formula is C19H20ClFO2. The van der Waals surface area contributed by atoms with Crippen molar-refractivity contribution in [2.45, 2.75) is 39.2 Å². The summed E-state index contributed by atoms with van der Waals surface area (Å²) in [5.41, 5.74) is 2.94. The second kappa shape index (κ2) is 8.11. The van der Waals surface area contributed by atoms with E-state index in [0.29, 0.717) is 24.3 Å². The van der Waals surface area contributed by atoms with Gasteiger partial charge in [0.05, 0.1) is 0 Å². The van der Waals surface area contributed by atoms with Crippen LogP contribution in [0.3, 0.4) is 0 Å². The molecule has 0 saturated heterocycles. The van der Waals surface area contributed by atoms with Crippen LogP contribution in [-0.4, -0.2) is 12.1 Å². The zero-order valence-corrected chi connectivity index (χ0v) is 14.1. The second-order valence-electron chi connectivity index (χ2n) is 5.59. The maximum atomic E-state index is 13.0. The number of carbonyl (C=O) groups excluding carboxylic acids is 1. The van der Waals surface area contributed by atoms with Crippen molar-refractivity contribution in [3.63, 3.8) is 0 Å². The number of hydrogen-bond acceptors (Lipinski definition) is 2. The molecule has 0 heterocycles. The summed E-state index contributed by atoms with van der Waals surface area (Å²) in [4.78, 5) is 11.7. The summed E-state index contributed by atoms with van der Waals surface area (Å²) in [5.74, 6) is -0.530. The molecule has 0 bridgehead atoms. The molecule has 0 aromatic heterocycles. The average Bonchev–Trinajstić information content (AvgIpc) is 2.52. The van der Waals surface area contributed by atoms with Gasteiger partial charge in [-0.05, 0) is 41.8 Å². The van der Waals surface area contributed by atoms with Crippen LogP contribution in [0.25, 0.3) is 0 Å². The lowest BCUT2D eigenvalue weighted by molar-refractivity contribution is -0.148. The van der Waals surface area contributed by atoms with Crippen molar-refractivity contribution in [1.82, 2.24) is 0 Å². The molecule has 0 amide bonds. The zero-order valence-electron chi connectivity index (χ0n) is 13.3. The smallest absolute Gasteiger partial charge is 0.305 e. The van der Waals surface area contributed by atoms with Crippen molar-refractivity contribution < 1.29 is 13.9 Å². The highest BCUT2D eigenvalue weighted by Crippen LogP contribution is 2.21. The minimum atomic E-state index is -0.326.